The van der Waals surface area contributed by atoms with Crippen LogP contribution in [0.3, 0.4) is 0 Å². The van der Waals surface area contributed by atoms with E-state index in [0.717, 1.165) is 25.9 Å². The van der Waals surface area contributed by atoms with Crippen molar-refractivity contribution in [2.24, 2.45) is 0 Å². The third kappa shape index (κ3) is 18.1. The Bertz CT molecular complexity index is 12200. The monoisotopic (exact) mass is 2230 g/mol. The smallest absolute Gasteiger partial charge is 0.355 e. The van der Waals surface area contributed by atoms with Crippen LogP contribution in [0.25, 0.3) is 110 Å². The summed E-state index contributed by atoms with van der Waals surface area (Å²) in [5.74, 6) is -3.72. The van der Waals surface area contributed by atoms with Gasteiger partial charge in [-0.2, -0.15) is 0 Å². The van der Waals surface area contributed by atoms with Crippen LogP contribution < -0.4 is 45.5 Å². The SMILES string of the molecule is IB(I)I.[2H]c1c([2H])c([2H])c(Oc2c([2H])c([2H])c(N(c3cc(C)cc(N(c4c([2H])c([2H])c([2H])c(-c5c([2H])c([2H])c([2H])c([2H])c5[2H])c4[2H])c4c([2H])c([2H])c5oc6c([2H])c(C(C)(C)C)c([2H])c([2H])c6c5c4[2H])c3)c3c([2H])c([2H])c4c(oc5c([2H])c([2H])c(C(C)(C)C)c([2H])c54)c3[2H])c([2H])c2[2H])c([2H])c1[2H].[2H]c1cc2c(oc3c([2H])c4c(c([2H])c32)N(c2c([2H])c([2H])c([2H])c(-c3c([2H])c([2H])c([2H])c([2H])c3[2H])c2[2H])c2cc(C)cc3c2B4c2c(c([2H])c4oc5c([2H])c([2H])c(C(C)(C)C)c([2H])c5c4c2[2H])N3c2c([2H])c([2H])c(Oc3c([2H])c([2H])c([2H])c([2H])c3[2H])c([2H])c2[2H])c([2H])c1C(C)(C)C. The summed E-state index contributed by atoms with van der Waals surface area (Å²) in [6.07, 6.45) is 0. The predicted octanol–water partition coefficient (Wildman–Crippen LogP) is 37.0. The van der Waals surface area contributed by atoms with E-state index in [2.05, 4.69) is 67.1 Å². The third-order valence-corrected chi connectivity index (χ3v) is 22.7. The van der Waals surface area contributed by atoms with Crippen molar-refractivity contribution in [3.8, 4) is 45.3 Å². The Morgan fingerprint density at radius 3 is 1.23 bits per heavy atom. The van der Waals surface area contributed by atoms with Crippen LogP contribution in [-0.4, -0.2) is 6.99 Å². The molecule has 0 N–H and O–H groups in total. The van der Waals surface area contributed by atoms with E-state index in [9.17, 15) is 48.0 Å². The van der Waals surface area contributed by atoms with E-state index >= 15 is 0 Å². The highest BCUT2D eigenvalue weighted by molar-refractivity contribution is 14.4. The van der Waals surface area contributed by atoms with Crippen molar-refractivity contribution in [1.82, 2.24) is 0 Å². The normalized spacial score (nSPS) is 18.2. The Kier molecular flexibility index (Phi) is 12.5. The molecule has 141 heavy (non-hydrogen) atoms. The van der Waals surface area contributed by atoms with Gasteiger partial charge >= 0.3 is 0.282 Å². The van der Waals surface area contributed by atoms with E-state index in [1.54, 1.807) is 90.0 Å². The van der Waals surface area contributed by atoms with Gasteiger partial charge in [-0.05, 0) is 313 Å². The molecule has 22 aromatic rings. The molecule has 24 rings (SSSR count). The van der Waals surface area contributed by atoms with Gasteiger partial charge in [-0.3, -0.25) is 0 Å². The number of halogens is 3. The number of anilines is 12. The summed E-state index contributed by atoms with van der Waals surface area (Å²) in [5.41, 5.74) is -17.6. The van der Waals surface area contributed by atoms with E-state index in [0.29, 0.717) is 0 Å². The van der Waals surface area contributed by atoms with Gasteiger partial charge in [0, 0.05) is 123 Å². The zero-order valence-corrected chi connectivity index (χ0v) is 83.5. The molecule has 0 saturated heterocycles. The summed E-state index contributed by atoms with van der Waals surface area (Å²) in [4.78, 5) is 3.74. The number of para-hydroxylation sites is 2. The lowest BCUT2D eigenvalue weighted by atomic mass is 9.33. The number of ether oxygens (including phenoxy) is 2. The standard InChI is InChI=1S/C63H51BN2O3.C63H54N2O3.BI3/c1-38-29-55-61-56(30-38)66(44-18-14-17-40(31-44)39-15-10-8-11-16-39)53-35-50-47-27-21-42(63(5,6)7)33-58(47)69-59(50)36-52(53)64(61)51-34-49-48-32-41(62(2,3)4)22-28-57(48)68-60(49)37-54(51)65(55)43-23-25-46(26-24-43)67-45-19-12-9-13-20-45;1-41-33-50(64(46-23-27-53(28-24-46)66-52-19-12-9-13-20-52)49-25-30-55-56-36-44(62(2,3)4)22-31-58(56)68-61(55)40-49)38-51(34-41)65(47-18-14-17-43(35-47)42-15-10-8-11-16-42)48-26-32-59-57(39-48)54-29-21-45(63(5,6)7)37-60(54)67-59;2-1(3)4/h8-37H,1-7H3;8-40H,1-7H3;/i8D,9D,10D,11D,12D,13D,14D,15D,16D,17D,18D,19D,20D,21D,22D,23D,24D,25D,26D,28D,31D,32D,33D,34D,35D,36D,37D;8D,9D,10D,11D,12D,13D,14D,15D,16D,17D,18D,19D,20D,21D,22D,23D,24D,25D,26D,27D,28D,29D,30D,31D,32D,35D,36D,37D,39D,40D;. The number of nitrogens with zero attached hydrogens (tertiary/aromatic N) is 4. The zero-order chi connectivity index (χ0) is 147. The first-order valence-electron chi connectivity index (χ1n) is 72.1. The van der Waals surface area contributed by atoms with Gasteiger partial charge in [-0.15, -0.1) is 67.1 Å². The number of hydrogen-bond donors (Lipinski definition) is 0. The molecule has 6 heterocycles. The summed E-state index contributed by atoms with van der Waals surface area (Å²) in [6, 6.07) is -39.0. The summed E-state index contributed by atoms with van der Waals surface area (Å²) in [5, 5.41) is -2.14. The lowest BCUT2D eigenvalue weighted by Gasteiger charge is -2.44. The summed E-state index contributed by atoms with van der Waals surface area (Å²) >= 11 is 6.95. The Morgan fingerprint density at radius 2 is 0.652 bits per heavy atom. The molecule has 0 fully saturated rings. The van der Waals surface area contributed by atoms with Crippen molar-refractivity contribution < 1.29 is 105 Å². The molecule has 10 nitrogen and oxygen atoms in total. The summed E-state index contributed by atoms with van der Waals surface area (Å²) in [7, 11) is 0. The number of aryl methyl sites for hydroxylation is 2. The molecule has 0 spiro atoms. The molecule has 0 unspecified atom stereocenters. The molecule has 2 aliphatic rings. The van der Waals surface area contributed by atoms with Gasteiger partial charge in [0.25, 0.3) is 6.71 Å². The van der Waals surface area contributed by atoms with Gasteiger partial charge in [-0.1, -0.05) is 246 Å². The first-order chi connectivity index (χ1) is 91.7. The Morgan fingerprint density at radius 1 is 0.277 bits per heavy atom. The minimum atomic E-state index is -1.72. The zero-order valence-electron chi connectivity index (χ0n) is 134. The van der Waals surface area contributed by atoms with E-state index in [4.69, 9.17) is 57.3 Å². The lowest BCUT2D eigenvalue weighted by molar-refractivity contribution is 0.482. The second kappa shape index (κ2) is 36.7. The maximum atomic E-state index is 10.8. The maximum Gasteiger partial charge on any atom is 0.355 e. The predicted molar refractivity (Wildman–Crippen MR) is 621 cm³/mol. The van der Waals surface area contributed by atoms with Crippen LogP contribution in [0.2, 0.25) is 0 Å². The summed E-state index contributed by atoms with van der Waals surface area (Å²) < 4.78 is 568. The van der Waals surface area contributed by atoms with Crippen LogP contribution in [0.5, 0.6) is 23.0 Å². The van der Waals surface area contributed by atoms with E-state index in [-0.39, 0.29) is 140 Å². The number of rotatable bonds is 14. The molecule has 0 bridgehead atoms. The van der Waals surface area contributed by atoms with Gasteiger partial charge in [0.15, 0.2) is 0 Å². The molecule has 692 valence electrons. The average molecular weight is 2230 g/mol. The van der Waals surface area contributed by atoms with Crippen molar-refractivity contribution in [1.29, 1.82) is 0 Å². The van der Waals surface area contributed by atoms with Crippen LogP contribution in [0.1, 0.15) is 195 Å². The summed E-state index contributed by atoms with van der Waals surface area (Å²) in [6.45, 7) is 21.7. The highest BCUT2D eigenvalue weighted by Crippen LogP contribution is 2.52. The Balaban J connectivity index is 0.000000205. The van der Waals surface area contributed by atoms with Crippen molar-refractivity contribution in [3.63, 3.8) is 0 Å². The second-order valence-corrected chi connectivity index (χ2v) is 47.7. The molecule has 18 aromatic carbocycles. The van der Waals surface area contributed by atoms with Gasteiger partial charge in [0.1, 0.15) is 67.7 Å². The molecule has 0 aliphatic carbocycles. The van der Waals surface area contributed by atoms with Gasteiger partial charge < -0.3 is 46.7 Å². The topological polar surface area (TPSA) is 84.0 Å². The van der Waals surface area contributed by atoms with Crippen molar-refractivity contribution >= 4 is 247 Å². The lowest BCUT2D eigenvalue weighted by Crippen LogP contribution is -2.61. The number of fused-ring (bicyclic) bond motifs is 16. The van der Waals surface area contributed by atoms with E-state index in [1.807, 2.05) is 0 Å². The van der Waals surface area contributed by atoms with Gasteiger partial charge in [0.05, 0.1) is 78.1 Å². The van der Waals surface area contributed by atoms with Crippen LogP contribution in [0, 0.1) is 13.8 Å². The Hall–Kier alpha value is -13.7. The van der Waals surface area contributed by atoms with Crippen LogP contribution >= 0.6 is 67.1 Å². The fourth-order valence-corrected chi connectivity index (χ4v) is 16.2. The number of hydrogen-bond acceptors (Lipinski definition) is 10. The quantitative estimate of drug-likeness (QED) is 0.0775. The van der Waals surface area contributed by atoms with Gasteiger partial charge in [0.2, 0.25) is 0 Å². The van der Waals surface area contributed by atoms with E-state index < -0.39 is 484 Å². The number of benzene rings is 18. The van der Waals surface area contributed by atoms with Gasteiger partial charge in [-0.25, -0.2) is 0 Å². The molecule has 0 radical (unpaired) electrons. The highest BCUT2D eigenvalue weighted by Gasteiger charge is 2.45. The maximum absolute atomic E-state index is 10.8. The van der Waals surface area contributed by atoms with Crippen molar-refractivity contribution in [3.05, 3.63) is 414 Å². The van der Waals surface area contributed by atoms with Crippen molar-refractivity contribution in [2.75, 3.05) is 19.6 Å². The fraction of sp³-hybridized carbons (Fsp3) is 0.143. The average Bonchev–Trinajstić information content (AvgIpc) is 1.31. The van der Waals surface area contributed by atoms with E-state index in [1.165, 1.54) is 37.3 Å². The molecule has 0 atom stereocenters. The third-order valence-electron chi connectivity index (χ3n) is 22.7. The molecule has 2 aliphatic heterocycles. The molecule has 0 amide bonds. The minimum absolute atomic E-state index is 0.0129. The van der Waals surface area contributed by atoms with Crippen LogP contribution in [0.15, 0.2) is 398 Å². The largest absolute Gasteiger partial charge is 0.457 e. The first kappa shape index (κ1) is 48.2. The van der Waals surface area contributed by atoms with Crippen molar-refractivity contribution in [2.45, 2.75) is 119 Å². The molecule has 0 saturated carbocycles. The molecular weight excluding hydrogens is 2070 g/mol. The molecule has 15 heteroatoms. The molecule has 4 aromatic heterocycles. The fourth-order valence-electron chi connectivity index (χ4n) is 16.2. The van der Waals surface area contributed by atoms with Crippen LogP contribution in [0.4, 0.5) is 68.2 Å². The highest BCUT2D eigenvalue weighted by atomic mass is 127. The first-order valence-corrected chi connectivity index (χ1v) is 47.4. The van der Waals surface area contributed by atoms with Crippen LogP contribution in [-0.2, 0) is 21.7 Å². The number of furan rings is 4. The Labute approximate surface area is 944 Å². The molecular formula is C126H105B2I3N4O6. The second-order valence-electron chi connectivity index (χ2n) is 36.8. The minimum Gasteiger partial charge on any atom is -0.457 e.